The van der Waals surface area contributed by atoms with E-state index in [1.54, 1.807) is 12.1 Å². The van der Waals surface area contributed by atoms with Crippen LogP contribution in [0.1, 0.15) is 44.9 Å². The van der Waals surface area contributed by atoms with Crippen LogP contribution in [0, 0.1) is 17.7 Å². The van der Waals surface area contributed by atoms with Crippen molar-refractivity contribution in [3.05, 3.63) is 30.1 Å². The van der Waals surface area contributed by atoms with Crippen LogP contribution in [0.5, 0.6) is 0 Å². The molecule has 160 valence electrons. The number of para-hydroxylation sites is 1. The molecule has 0 radical (unpaired) electrons. The quantitative estimate of drug-likeness (QED) is 0.694. The Balaban J connectivity index is 1.13. The fourth-order valence-electron chi connectivity index (χ4n) is 5.35. The zero-order chi connectivity index (χ0) is 20.1. The number of hydrogen-bond acceptors (Lipinski definition) is 4. The fraction of sp³-hybridized carbons (Fsp3) is 0.708. The van der Waals surface area contributed by atoms with Gasteiger partial charge >= 0.3 is 0 Å². The number of rotatable bonds is 7. The molecule has 3 fully saturated rings. The molecule has 4 nitrogen and oxygen atoms in total. The Kier molecular flexibility index (Phi) is 7.20. The summed E-state index contributed by atoms with van der Waals surface area (Å²) >= 11 is 0. The normalized spacial score (nSPS) is 26.7. The van der Waals surface area contributed by atoms with Crippen molar-refractivity contribution in [3.8, 4) is 0 Å². The van der Waals surface area contributed by atoms with E-state index in [2.05, 4.69) is 14.7 Å². The molecular weight excluding hydrogens is 365 g/mol. The van der Waals surface area contributed by atoms with Crippen molar-refractivity contribution in [2.24, 2.45) is 11.8 Å². The Labute approximate surface area is 175 Å². The summed E-state index contributed by atoms with van der Waals surface area (Å²) in [7, 11) is 0. The second-order valence-electron chi connectivity index (χ2n) is 9.24. The van der Waals surface area contributed by atoms with Gasteiger partial charge in [-0.1, -0.05) is 12.1 Å². The van der Waals surface area contributed by atoms with Crippen molar-refractivity contribution in [2.75, 3.05) is 57.3 Å². The summed E-state index contributed by atoms with van der Waals surface area (Å²) in [5.41, 5.74) is 0.740. The van der Waals surface area contributed by atoms with Crippen LogP contribution in [-0.2, 0) is 4.79 Å². The molecule has 0 N–H and O–H groups in total. The lowest BCUT2D eigenvalue weighted by Gasteiger charge is -2.37. The number of benzene rings is 1. The van der Waals surface area contributed by atoms with Crippen LogP contribution in [0.3, 0.4) is 0 Å². The lowest BCUT2D eigenvalue weighted by atomic mass is 9.78. The van der Waals surface area contributed by atoms with Gasteiger partial charge in [-0.15, -0.1) is 0 Å². The second kappa shape index (κ2) is 10.0. The van der Waals surface area contributed by atoms with E-state index in [1.165, 1.54) is 32.1 Å². The molecule has 2 aliphatic heterocycles. The van der Waals surface area contributed by atoms with Crippen molar-refractivity contribution >= 4 is 11.5 Å². The predicted octanol–water partition coefficient (Wildman–Crippen LogP) is 3.81. The van der Waals surface area contributed by atoms with Crippen LogP contribution >= 0.6 is 0 Å². The number of ketones is 1. The number of hydrogen-bond donors (Lipinski definition) is 0. The average Bonchev–Trinajstić information content (AvgIpc) is 3.26. The number of carbonyl (C=O) groups excluding carboxylic acids is 1. The molecule has 3 aliphatic rings. The molecule has 29 heavy (non-hydrogen) atoms. The molecule has 0 spiro atoms. The van der Waals surface area contributed by atoms with E-state index >= 15 is 0 Å². The molecule has 2 heterocycles. The van der Waals surface area contributed by atoms with Crippen LogP contribution < -0.4 is 4.90 Å². The Morgan fingerprint density at radius 2 is 1.59 bits per heavy atom. The first-order valence-electron chi connectivity index (χ1n) is 11.7. The average molecular weight is 402 g/mol. The number of anilines is 1. The van der Waals surface area contributed by atoms with Gasteiger partial charge in [-0.2, -0.15) is 0 Å². The molecule has 0 bridgehead atoms. The van der Waals surface area contributed by atoms with Crippen LogP contribution in [0.4, 0.5) is 10.1 Å². The minimum absolute atomic E-state index is 0.114. The molecule has 2 saturated heterocycles. The molecule has 1 saturated carbocycles. The molecule has 0 atom stereocenters. The first kappa shape index (κ1) is 20.8. The fourth-order valence-corrected chi connectivity index (χ4v) is 5.35. The van der Waals surface area contributed by atoms with Gasteiger partial charge in [0.05, 0.1) is 12.2 Å². The lowest BCUT2D eigenvalue weighted by Crippen LogP contribution is -2.47. The van der Waals surface area contributed by atoms with Crippen LogP contribution in [0.15, 0.2) is 24.3 Å². The maximum Gasteiger partial charge on any atom is 0.149 e. The summed E-state index contributed by atoms with van der Waals surface area (Å²) < 4.78 is 14.0. The molecule has 1 aliphatic carbocycles. The van der Waals surface area contributed by atoms with Gasteiger partial charge in [-0.25, -0.2) is 4.39 Å². The highest BCUT2D eigenvalue weighted by Crippen LogP contribution is 2.32. The van der Waals surface area contributed by atoms with E-state index in [1.807, 2.05) is 12.1 Å². The van der Waals surface area contributed by atoms with E-state index in [0.717, 1.165) is 70.3 Å². The van der Waals surface area contributed by atoms with Gasteiger partial charge in [0.25, 0.3) is 0 Å². The van der Waals surface area contributed by atoms with Gasteiger partial charge in [0, 0.05) is 32.1 Å². The van der Waals surface area contributed by atoms with Gasteiger partial charge in [0.1, 0.15) is 11.6 Å². The van der Waals surface area contributed by atoms with E-state index in [-0.39, 0.29) is 5.82 Å². The highest BCUT2D eigenvalue weighted by Gasteiger charge is 2.28. The minimum atomic E-state index is -0.114. The number of Topliss-reactive ketones (excluding diaryl/α,β-unsaturated/α-hetero) is 1. The molecule has 0 amide bonds. The van der Waals surface area contributed by atoms with Gasteiger partial charge in [0.2, 0.25) is 0 Å². The van der Waals surface area contributed by atoms with Crippen LogP contribution in [0.25, 0.3) is 0 Å². The molecule has 0 unspecified atom stereocenters. The van der Waals surface area contributed by atoms with Crippen LogP contribution in [-0.4, -0.2) is 67.9 Å². The Morgan fingerprint density at radius 1 is 0.897 bits per heavy atom. The van der Waals surface area contributed by atoms with Crippen LogP contribution in [0.2, 0.25) is 0 Å². The Hall–Kier alpha value is -1.46. The van der Waals surface area contributed by atoms with Crippen molar-refractivity contribution in [1.82, 2.24) is 9.80 Å². The third-order valence-corrected chi connectivity index (χ3v) is 7.30. The lowest BCUT2D eigenvalue weighted by molar-refractivity contribution is -0.125. The first-order valence-corrected chi connectivity index (χ1v) is 11.7. The van der Waals surface area contributed by atoms with Crippen molar-refractivity contribution in [1.29, 1.82) is 0 Å². The Bertz CT molecular complexity index is 660. The van der Waals surface area contributed by atoms with Gasteiger partial charge in [-0.3, -0.25) is 14.6 Å². The summed E-state index contributed by atoms with van der Waals surface area (Å²) in [6.45, 7) is 7.90. The summed E-state index contributed by atoms with van der Waals surface area (Å²) in [6.07, 6.45) is 8.38. The van der Waals surface area contributed by atoms with Gasteiger partial charge in [0.15, 0.2) is 0 Å². The standard InChI is InChI=1S/C24H36FN3O/c25-22-5-1-2-6-23(22)28-17-15-26(16-18-28)14-11-20-7-9-21(10-8-20)24(29)19-27-12-3-4-13-27/h1-2,5-6,20-21H,3-4,7-19H2. The highest BCUT2D eigenvalue weighted by molar-refractivity contribution is 5.83. The largest absolute Gasteiger partial charge is 0.367 e. The monoisotopic (exact) mass is 401 g/mol. The third-order valence-electron chi connectivity index (χ3n) is 7.30. The molecule has 4 rings (SSSR count). The van der Waals surface area contributed by atoms with Crippen molar-refractivity contribution in [2.45, 2.75) is 44.9 Å². The maximum absolute atomic E-state index is 14.0. The molecule has 1 aromatic rings. The summed E-state index contributed by atoms with van der Waals surface area (Å²) in [5, 5.41) is 0. The third kappa shape index (κ3) is 5.58. The Morgan fingerprint density at radius 3 is 2.28 bits per heavy atom. The van der Waals surface area contributed by atoms with Crippen molar-refractivity contribution < 1.29 is 9.18 Å². The van der Waals surface area contributed by atoms with E-state index in [4.69, 9.17) is 0 Å². The predicted molar refractivity (Wildman–Crippen MR) is 116 cm³/mol. The van der Waals surface area contributed by atoms with E-state index in [9.17, 15) is 9.18 Å². The minimum Gasteiger partial charge on any atom is -0.367 e. The number of halogens is 1. The van der Waals surface area contributed by atoms with Crippen molar-refractivity contribution in [3.63, 3.8) is 0 Å². The first-order chi connectivity index (χ1) is 14.2. The van der Waals surface area contributed by atoms with Gasteiger partial charge < -0.3 is 4.90 Å². The summed E-state index contributed by atoms with van der Waals surface area (Å²) in [4.78, 5) is 19.6. The zero-order valence-corrected chi connectivity index (χ0v) is 17.7. The highest BCUT2D eigenvalue weighted by atomic mass is 19.1. The molecule has 5 heteroatoms. The number of piperazine rings is 1. The molecule has 0 aromatic heterocycles. The summed E-state index contributed by atoms with van der Waals surface area (Å²) in [6, 6.07) is 7.10. The molecule has 1 aromatic carbocycles. The number of nitrogens with zero attached hydrogens (tertiary/aromatic N) is 3. The number of carbonyl (C=O) groups is 1. The van der Waals surface area contributed by atoms with Gasteiger partial charge in [-0.05, 0) is 82.6 Å². The molecular formula is C24H36FN3O. The summed E-state index contributed by atoms with van der Waals surface area (Å²) in [5.74, 6) is 1.47. The smallest absolute Gasteiger partial charge is 0.149 e. The van der Waals surface area contributed by atoms with E-state index < -0.39 is 0 Å². The number of likely N-dealkylation sites (tertiary alicyclic amines) is 1. The maximum atomic E-state index is 14.0. The zero-order valence-electron chi connectivity index (χ0n) is 17.7. The topological polar surface area (TPSA) is 26.8 Å². The SMILES string of the molecule is O=C(CN1CCCC1)C1CCC(CCN2CCN(c3ccccc3F)CC2)CC1. The van der Waals surface area contributed by atoms with E-state index in [0.29, 0.717) is 18.2 Å². The second-order valence-corrected chi connectivity index (χ2v) is 9.24.